The van der Waals surface area contributed by atoms with Gasteiger partial charge < -0.3 is 13.9 Å². The monoisotopic (exact) mass is 484 g/mol. The van der Waals surface area contributed by atoms with Crippen molar-refractivity contribution in [3.05, 3.63) is 59.5 Å². The highest BCUT2D eigenvalue weighted by molar-refractivity contribution is 7.89. The van der Waals surface area contributed by atoms with Gasteiger partial charge in [-0.3, -0.25) is 10.1 Å². The normalized spacial score (nSPS) is 18.1. The summed E-state index contributed by atoms with van der Waals surface area (Å²) in [6, 6.07) is 11.3. The van der Waals surface area contributed by atoms with Crippen molar-refractivity contribution in [1.82, 2.24) is 14.5 Å². The molecule has 1 fully saturated rings. The van der Waals surface area contributed by atoms with Crippen LogP contribution in [-0.4, -0.2) is 48.7 Å². The first-order chi connectivity index (χ1) is 16.4. The minimum atomic E-state index is -3.58. The molecular formula is C23H24N4O6S. The number of rotatable bonds is 6. The molecule has 2 aliphatic heterocycles. The van der Waals surface area contributed by atoms with Crippen molar-refractivity contribution in [2.75, 3.05) is 25.2 Å². The van der Waals surface area contributed by atoms with Gasteiger partial charge in [-0.25, -0.2) is 8.42 Å². The standard InChI is InChI=1S/C23H24N4O6S/c1-15-3-2-10-27(13-15)34(29,30)18-7-5-17(6-8-18)22(28)24-23-26-25-21(33-23)12-16-4-9-19-20(11-16)32-14-31-19/h4-9,11,15H,2-3,10,12-14H2,1H3,(H,24,26,28). The number of piperidine rings is 1. The van der Waals surface area contributed by atoms with Gasteiger partial charge in [0.25, 0.3) is 5.91 Å². The lowest BCUT2D eigenvalue weighted by molar-refractivity contribution is 0.102. The van der Waals surface area contributed by atoms with Crippen LogP contribution in [0.5, 0.6) is 11.5 Å². The molecule has 3 aromatic rings. The smallest absolute Gasteiger partial charge is 0.322 e. The molecule has 0 radical (unpaired) electrons. The third-order valence-corrected chi connectivity index (χ3v) is 7.73. The van der Waals surface area contributed by atoms with Crippen molar-refractivity contribution in [2.24, 2.45) is 5.92 Å². The van der Waals surface area contributed by atoms with Crippen LogP contribution in [-0.2, 0) is 16.4 Å². The Morgan fingerprint density at radius 1 is 1.12 bits per heavy atom. The molecule has 2 aliphatic rings. The maximum atomic E-state index is 12.9. The largest absolute Gasteiger partial charge is 0.454 e. The van der Waals surface area contributed by atoms with Gasteiger partial charge in [0.2, 0.25) is 22.7 Å². The van der Waals surface area contributed by atoms with E-state index >= 15 is 0 Å². The average molecular weight is 485 g/mol. The minimum Gasteiger partial charge on any atom is -0.454 e. The van der Waals surface area contributed by atoms with Crippen LogP contribution in [0, 0.1) is 5.92 Å². The van der Waals surface area contributed by atoms with Crippen molar-refractivity contribution in [3.8, 4) is 11.5 Å². The fraction of sp³-hybridized carbons (Fsp3) is 0.348. The molecule has 1 aromatic heterocycles. The summed E-state index contributed by atoms with van der Waals surface area (Å²) in [6.45, 7) is 3.27. The van der Waals surface area contributed by atoms with Crippen molar-refractivity contribution < 1.29 is 27.1 Å². The van der Waals surface area contributed by atoms with E-state index in [0.29, 0.717) is 42.8 Å². The molecule has 1 unspecified atom stereocenters. The van der Waals surface area contributed by atoms with Gasteiger partial charge in [-0.1, -0.05) is 18.1 Å². The number of aromatic nitrogens is 2. The van der Waals surface area contributed by atoms with Crippen LogP contribution in [0.4, 0.5) is 6.01 Å². The van der Waals surface area contributed by atoms with Crippen LogP contribution in [0.3, 0.4) is 0 Å². The van der Waals surface area contributed by atoms with Crippen LogP contribution in [0.2, 0.25) is 0 Å². The first-order valence-electron chi connectivity index (χ1n) is 11.0. The van der Waals surface area contributed by atoms with Crippen LogP contribution in [0.25, 0.3) is 0 Å². The van der Waals surface area contributed by atoms with Gasteiger partial charge in [-0.05, 0) is 60.7 Å². The highest BCUT2D eigenvalue weighted by atomic mass is 32.2. The van der Waals surface area contributed by atoms with E-state index in [1.807, 2.05) is 25.1 Å². The van der Waals surface area contributed by atoms with Crippen LogP contribution in [0.15, 0.2) is 51.8 Å². The molecule has 0 aliphatic carbocycles. The molecule has 178 valence electrons. The maximum Gasteiger partial charge on any atom is 0.322 e. The number of fused-ring (bicyclic) bond motifs is 1. The fourth-order valence-electron chi connectivity index (χ4n) is 4.06. The van der Waals surface area contributed by atoms with Crippen molar-refractivity contribution >= 4 is 21.9 Å². The van der Waals surface area contributed by atoms with Crippen molar-refractivity contribution in [3.63, 3.8) is 0 Å². The number of hydrogen-bond donors (Lipinski definition) is 1. The van der Waals surface area contributed by atoms with Gasteiger partial charge >= 0.3 is 6.01 Å². The van der Waals surface area contributed by atoms with E-state index in [2.05, 4.69) is 15.5 Å². The van der Waals surface area contributed by atoms with E-state index in [1.54, 1.807) is 0 Å². The van der Waals surface area contributed by atoms with Crippen molar-refractivity contribution in [2.45, 2.75) is 31.1 Å². The van der Waals surface area contributed by atoms with Gasteiger partial charge in [0.15, 0.2) is 11.5 Å². The predicted octanol–water partition coefficient (Wildman–Crippen LogP) is 3.06. The van der Waals surface area contributed by atoms with Gasteiger partial charge in [0.05, 0.1) is 11.3 Å². The summed E-state index contributed by atoms with van der Waals surface area (Å²) >= 11 is 0. The number of anilines is 1. The maximum absolute atomic E-state index is 12.9. The molecule has 0 bridgehead atoms. The average Bonchev–Trinajstić information content (AvgIpc) is 3.48. The van der Waals surface area contributed by atoms with Gasteiger partial charge in [0.1, 0.15) is 0 Å². The summed E-state index contributed by atoms with van der Waals surface area (Å²) in [5.74, 6) is 1.52. The van der Waals surface area contributed by atoms with E-state index in [9.17, 15) is 13.2 Å². The quantitative estimate of drug-likeness (QED) is 0.566. The number of carbonyl (C=O) groups excluding carboxylic acids is 1. The zero-order chi connectivity index (χ0) is 23.7. The van der Waals surface area contributed by atoms with Crippen molar-refractivity contribution in [1.29, 1.82) is 0 Å². The topological polar surface area (TPSA) is 124 Å². The number of amides is 1. The Kier molecular flexibility index (Phi) is 5.96. The van der Waals surface area contributed by atoms with Gasteiger partial charge in [-0.2, -0.15) is 4.31 Å². The minimum absolute atomic E-state index is 0.0419. The first-order valence-corrected chi connectivity index (χ1v) is 12.4. The molecule has 11 heteroatoms. The Hall–Kier alpha value is -3.44. The number of ether oxygens (including phenoxy) is 2. The third-order valence-electron chi connectivity index (χ3n) is 5.85. The Morgan fingerprint density at radius 3 is 2.71 bits per heavy atom. The molecule has 0 spiro atoms. The number of benzene rings is 2. The highest BCUT2D eigenvalue weighted by Crippen LogP contribution is 2.33. The van der Waals surface area contributed by atoms with E-state index in [4.69, 9.17) is 13.9 Å². The Bertz CT molecular complexity index is 1310. The molecule has 10 nitrogen and oxygen atoms in total. The SMILES string of the molecule is CC1CCCN(S(=O)(=O)c2ccc(C(=O)Nc3nnc(Cc4ccc5c(c4)OCO5)o3)cc2)C1. The van der Waals surface area contributed by atoms with Gasteiger partial charge in [-0.15, -0.1) is 5.10 Å². The lowest BCUT2D eigenvalue weighted by Gasteiger charge is -2.30. The number of hydrogen-bond acceptors (Lipinski definition) is 8. The molecule has 1 atom stereocenters. The van der Waals surface area contributed by atoms with E-state index in [-0.39, 0.29) is 23.3 Å². The first kappa shape index (κ1) is 22.4. The Morgan fingerprint density at radius 2 is 1.91 bits per heavy atom. The summed E-state index contributed by atoms with van der Waals surface area (Å²) < 4.78 is 43.5. The van der Waals surface area contributed by atoms with Crippen LogP contribution < -0.4 is 14.8 Å². The number of nitrogens with zero attached hydrogens (tertiary/aromatic N) is 3. The van der Waals surface area contributed by atoms with Crippen LogP contribution in [0.1, 0.15) is 41.6 Å². The second-order valence-electron chi connectivity index (χ2n) is 8.45. The number of nitrogens with one attached hydrogen (secondary N) is 1. The summed E-state index contributed by atoms with van der Waals surface area (Å²) in [6.07, 6.45) is 2.24. The molecular weight excluding hydrogens is 460 g/mol. The summed E-state index contributed by atoms with van der Waals surface area (Å²) in [7, 11) is -3.58. The molecule has 1 N–H and O–H groups in total. The number of carbonyl (C=O) groups is 1. The lowest BCUT2D eigenvalue weighted by Crippen LogP contribution is -2.39. The Balaban J connectivity index is 1.22. The van der Waals surface area contributed by atoms with E-state index in [0.717, 1.165) is 18.4 Å². The van der Waals surface area contributed by atoms with Gasteiger partial charge in [0, 0.05) is 18.7 Å². The summed E-state index contributed by atoms with van der Waals surface area (Å²) in [5, 5.41) is 10.4. The Labute approximate surface area is 196 Å². The second kappa shape index (κ2) is 9.07. The van der Waals surface area contributed by atoms with E-state index < -0.39 is 15.9 Å². The number of sulfonamides is 1. The molecule has 1 saturated heterocycles. The molecule has 5 rings (SSSR count). The third kappa shape index (κ3) is 4.62. The fourth-order valence-corrected chi connectivity index (χ4v) is 5.66. The van der Waals surface area contributed by atoms with Crippen LogP contribution >= 0.6 is 0 Å². The molecule has 3 heterocycles. The predicted molar refractivity (Wildman–Crippen MR) is 121 cm³/mol. The summed E-state index contributed by atoms with van der Waals surface area (Å²) in [4.78, 5) is 12.8. The second-order valence-corrected chi connectivity index (χ2v) is 10.4. The summed E-state index contributed by atoms with van der Waals surface area (Å²) in [5.41, 5.74) is 1.17. The molecule has 0 saturated carbocycles. The highest BCUT2D eigenvalue weighted by Gasteiger charge is 2.28. The van der Waals surface area contributed by atoms with E-state index in [1.165, 1.54) is 28.6 Å². The molecule has 1 amide bonds. The zero-order valence-electron chi connectivity index (χ0n) is 18.6. The molecule has 2 aromatic carbocycles. The zero-order valence-corrected chi connectivity index (χ0v) is 19.4. The molecule has 34 heavy (non-hydrogen) atoms. The lowest BCUT2D eigenvalue weighted by atomic mass is 10.0.